The lowest BCUT2D eigenvalue weighted by Crippen LogP contribution is -2.30. The van der Waals surface area contributed by atoms with Crippen molar-refractivity contribution in [2.45, 2.75) is 219 Å². The maximum Gasteiger partial charge on any atom is 0.306 e. The SMILES string of the molecule is CC/C=C\C/C=C\C/C=C\C/C=C\CCCOCC(COC(=O)CCCCCCCCC/C=C\C/C=C\CCCCC)OC(=O)CCCCCCC/C=C\C/C=C\CCC. The maximum atomic E-state index is 12.8. The van der Waals surface area contributed by atoms with E-state index >= 15 is 0 Å². The van der Waals surface area contributed by atoms with Crippen molar-refractivity contribution in [1.82, 2.24) is 0 Å². The zero-order valence-corrected chi connectivity index (χ0v) is 39.2. The van der Waals surface area contributed by atoms with Crippen LogP contribution in [0.1, 0.15) is 213 Å². The number of allylic oxidation sites excluding steroid dienone is 16. The number of unbranched alkanes of at least 4 members (excludes halogenated alkanes) is 17. The summed E-state index contributed by atoms with van der Waals surface area (Å²) >= 11 is 0. The van der Waals surface area contributed by atoms with Crippen LogP contribution in [-0.2, 0) is 23.8 Å². The van der Waals surface area contributed by atoms with Crippen LogP contribution in [0, 0.1) is 0 Å². The molecule has 0 heterocycles. The van der Waals surface area contributed by atoms with Crippen LogP contribution in [0.5, 0.6) is 0 Å². The van der Waals surface area contributed by atoms with Crippen LogP contribution in [0.2, 0.25) is 0 Å². The molecule has 0 aliphatic rings. The minimum Gasteiger partial charge on any atom is -0.462 e. The van der Waals surface area contributed by atoms with Gasteiger partial charge in [0, 0.05) is 19.4 Å². The summed E-state index contributed by atoms with van der Waals surface area (Å²) in [5.74, 6) is -0.458. The summed E-state index contributed by atoms with van der Waals surface area (Å²) in [6.07, 6.45) is 67.0. The number of hydrogen-bond acceptors (Lipinski definition) is 5. The fourth-order valence-electron chi connectivity index (χ4n) is 6.40. The first-order valence-corrected chi connectivity index (χ1v) is 24.8. The van der Waals surface area contributed by atoms with Crippen LogP contribution >= 0.6 is 0 Å². The first kappa shape index (κ1) is 56.8. The lowest BCUT2D eigenvalue weighted by Gasteiger charge is -2.18. The molecule has 0 aliphatic heterocycles. The Morgan fingerprint density at radius 2 is 0.783 bits per heavy atom. The third kappa shape index (κ3) is 47.5. The van der Waals surface area contributed by atoms with Crippen molar-refractivity contribution in [3.05, 3.63) is 97.2 Å². The lowest BCUT2D eigenvalue weighted by molar-refractivity contribution is -0.163. The number of esters is 2. The molecule has 0 aromatic carbocycles. The standard InChI is InChI=1S/C55H92O5/c1-4-7-10-13-16-19-22-25-27-28-29-31-33-36-39-42-45-48-54(56)59-52-53(51-58-50-47-44-41-38-35-32-26-23-20-17-14-11-8-5-2)60-55(57)49-46-43-40-37-34-30-24-21-18-15-12-9-6-3/h8,11-12,15-17,19-21,24-27,32,38,41,53H,4-7,9-10,13-14,18,22-23,28-31,33-37,39-40,42-52H2,1-3H3/b11-8-,15-12-,19-16-,20-17-,24-21-,27-25-,32-26-,41-38-. The van der Waals surface area contributed by atoms with Crippen molar-refractivity contribution in [3.63, 3.8) is 0 Å². The van der Waals surface area contributed by atoms with Crippen LogP contribution in [0.3, 0.4) is 0 Å². The molecule has 0 saturated heterocycles. The maximum absolute atomic E-state index is 12.8. The molecular weight excluding hydrogens is 741 g/mol. The highest BCUT2D eigenvalue weighted by atomic mass is 16.6. The number of carbonyl (C=O) groups is 2. The van der Waals surface area contributed by atoms with E-state index in [1.807, 2.05) is 0 Å². The van der Waals surface area contributed by atoms with E-state index < -0.39 is 6.10 Å². The molecule has 0 saturated carbocycles. The van der Waals surface area contributed by atoms with Gasteiger partial charge in [-0.3, -0.25) is 9.59 Å². The third-order valence-electron chi connectivity index (χ3n) is 10.1. The van der Waals surface area contributed by atoms with E-state index in [9.17, 15) is 9.59 Å². The van der Waals surface area contributed by atoms with Crippen LogP contribution in [0.15, 0.2) is 97.2 Å². The van der Waals surface area contributed by atoms with Crippen molar-refractivity contribution < 1.29 is 23.8 Å². The Morgan fingerprint density at radius 3 is 1.27 bits per heavy atom. The molecule has 1 unspecified atom stereocenters. The number of hydrogen-bond donors (Lipinski definition) is 0. The number of ether oxygens (including phenoxy) is 3. The molecule has 0 radical (unpaired) electrons. The van der Waals surface area contributed by atoms with Gasteiger partial charge in [-0.2, -0.15) is 0 Å². The Bertz CT molecular complexity index is 1170. The van der Waals surface area contributed by atoms with Gasteiger partial charge < -0.3 is 14.2 Å². The fourth-order valence-corrected chi connectivity index (χ4v) is 6.40. The summed E-state index contributed by atoms with van der Waals surface area (Å²) in [7, 11) is 0. The van der Waals surface area contributed by atoms with E-state index in [0.717, 1.165) is 103 Å². The van der Waals surface area contributed by atoms with Crippen LogP contribution in [-0.4, -0.2) is 37.9 Å². The van der Waals surface area contributed by atoms with Crippen LogP contribution in [0.4, 0.5) is 0 Å². The largest absolute Gasteiger partial charge is 0.462 e. The van der Waals surface area contributed by atoms with Gasteiger partial charge in [0.2, 0.25) is 0 Å². The molecule has 0 aliphatic carbocycles. The number of carbonyl (C=O) groups excluding carboxylic acids is 2. The molecule has 342 valence electrons. The Hall–Kier alpha value is -3.18. The van der Waals surface area contributed by atoms with E-state index in [1.54, 1.807) is 0 Å². The molecule has 60 heavy (non-hydrogen) atoms. The molecule has 0 rings (SSSR count). The highest BCUT2D eigenvalue weighted by Crippen LogP contribution is 2.13. The summed E-state index contributed by atoms with van der Waals surface area (Å²) in [4.78, 5) is 25.3. The molecule has 0 N–H and O–H groups in total. The predicted molar refractivity (Wildman–Crippen MR) is 260 cm³/mol. The normalized spacial score (nSPS) is 13.1. The van der Waals surface area contributed by atoms with E-state index in [2.05, 4.69) is 118 Å². The smallest absolute Gasteiger partial charge is 0.306 e. The highest BCUT2D eigenvalue weighted by Gasteiger charge is 2.17. The van der Waals surface area contributed by atoms with E-state index in [0.29, 0.717) is 19.4 Å². The van der Waals surface area contributed by atoms with Crippen molar-refractivity contribution >= 4 is 11.9 Å². The second-order valence-electron chi connectivity index (χ2n) is 16.0. The van der Waals surface area contributed by atoms with Crippen molar-refractivity contribution in [3.8, 4) is 0 Å². The Morgan fingerprint density at radius 1 is 0.383 bits per heavy atom. The van der Waals surface area contributed by atoms with Gasteiger partial charge in [-0.25, -0.2) is 0 Å². The third-order valence-corrected chi connectivity index (χ3v) is 10.1. The van der Waals surface area contributed by atoms with Gasteiger partial charge in [0.05, 0.1) is 6.61 Å². The van der Waals surface area contributed by atoms with Gasteiger partial charge in [0.15, 0.2) is 6.10 Å². The summed E-state index contributed by atoms with van der Waals surface area (Å²) in [5, 5.41) is 0. The van der Waals surface area contributed by atoms with Gasteiger partial charge in [-0.15, -0.1) is 0 Å². The summed E-state index contributed by atoms with van der Waals surface area (Å²) in [6, 6.07) is 0. The average molecular weight is 833 g/mol. The second kappa shape index (κ2) is 50.2. The zero-order chi connectivity index (χ0) is 43.5. The van der Waals surface area contributed by atoms with Crippen molar-refractivity contribution in [1.29, 1.82) is 0 Å². The minimum absolute atomic E-state index is 0.0487. The Kier molecular flexibility index (Phi) is 47.5. The van der Waals surface area contributed by atoms with E-state index in [4.69, 9.17) is 14.2 Å². The van der Waals surface area contributed by atoms with Gasteiger partial charge in [0.1, 0.15) is 6.61 Å². The van der Waals surface area contributed by atoms with E-state index in [1.165, 1.54) is 77.0 Å². The van der Waals surface area contributed by atoms with Gasteiger partial charge in [0.25, 0.3) is 0 Å². The van der Waals surface area contributed by atoms with Gasteiger partial charge >= 0.3 is 11.9 Å². The summed E-state index contributed by atoms with van der Waals surface area (Å²) < 4.78 is 17.3. The van der Waals surface area contributed by atoms with E-state index in [-0.39, 0.29) is 25.2 Å². The molecule has 0 amide bonds. The minimum atomic E-state index is -0.579. The first-order valence-electron chi connectivity index (χ1n) is 24.8. The Labute approximate surface area is 371 Å². The van der Waals surface area contributed by atoms with Crippen LogP contribution < -0.4 is 0 Å². The molecular formula is C55H92O5. The molecule has 0 fully saturated rings. The summed E-state index contributed by atoms with van der Waals surface area (Å²) in [6.45, 7) is 7.46. The molecule has 0 aromatic rings. The zero-order valence-electron chi connectivity index (χ0n) is 39.2. The first-order chi connectivity index (χ1) is 29.6. The molecule has 0 aromatic heterocycles. The van der Waals surface area contributed by atoms with Crippen LogP contribution in [0.25, 0.3) is 0 Å². The fraction of sp³-hybridized carbons (Fsp3) is 0.673. The molecule has 0 bridgehead atoms. The second-order valence-corrected chi connectivity index (χ2v) is 16.0. The quantitative estimate of drug-likeness (QED) is 0.0348. The highest BCUT2D eigenvalue weighted by molar-refractivity contribution is 5.70. The molecule has 0 spiro atoms. The molecule has 1 atom stereocenters. The van der Waals surface area contributed by atoms with Gasteiger partial charge in [-0.1, -0.05) is 189 Å². The lowest BCUT2D eigenvalue weighted by atomic mass is 10.1. The topological polar surface area (TPSA) is 61.8 Å². The van der Waals surface area contributed by atoms with Crippen molar-refractivity contribution in [2.75, 3.05) is 19.8 Å². The summed E-state index contributed by atoms with van der Waals surface area (Å²) in [5.41, 5.74) is 0. The number of rotatable bonds is 44. The molecule has 5 heteroatoms. The predicted octanol–water partition coefficient (Wildman–Crippen LogP) is 16.7. The van der Waals surface area contributed by atoms with Gasteiger partial charge in [-0.05, 0) is 109 Å². The van der Waals surface area contributed by atoms with Crippen molar-refractivity contribution in [2.24, 2.45) is 0 Å². The monoisotopic (exact) mass is 833 g/mol. The Balaban J connectivity index is 4.38. The molecule has 5 nitrogen and oxygen atoms in total. The average Bonchev–Trinajstić information content (AvgIpc) is 3.25.